The lowest BCUT2D eigenvalue weighted by Gasteiger charge is -2.11. The molecule has 1 N–H and O–H groups in total. The lowest BCUT2D eigenvalue weighted by atomic mass is 10.1. The van der Waals surface area contributed by atoms with E-state index >= 15 is 0 Å². The number of alkyl halides is 2. The molecule has 0 aliphatic heterocycles. The molecule has 0 aliphatic rings. The first kappa shape index (κ1) is 17.7. The summed E-state index contributed by atoms with van der Waals surface area (Å²) in [4.78, 5) is 15.2. The van der Waals surface area contributed by atoms with Gasteiger partial charge in [-0.3, -0.25) is 4.79 Å². The van der Waals surface area contributed by atoms with Gasteiger partial charge < -0.3 is 19.2 Å². The number of aromatic amines is 1. The molecule has 3 rings (SSSR count). The smallest absolute Gasteiger partial charge is 0.387 e. The lowest BCUT2D eigenvalue weighted by molar-refractivity contribution is -0.144. The number of nitrogens with one attached hydrogen (secondary N) is 1. The maximum Gasteiger partial charge on any atom is 0.387 e. The van der Waals surface area contributed by atoms with Gasteiger partial charge in [0.25, 0.3) is 0 Å². The van der Waals surface area contributed by atoms with Crippen molar-refractivity contribution in [3.63, 3.8) is 0 Å². The molecule has 0 aliphatic carbocycles. The summed E-state index contributed by atoms with van der Waals surface area (Å²) in [5.41, 5.74) is 2.41. The number of methoxy groups -OCH3 is 1. The van der Waals surface area contributed by atoms with E-state index in [-0.39, 0.29) is 30.5 Å². The van der Waals surface area contributed by atoms with Crippen LogP contribution in [-0.4, -0.2) is 24.7 Å². The van der Waals surface area contributed by atoms with Crippen molar-refractivity contribution in [3.05, 3.63) is 59.8 Å². The van der Waals surface area contributed by atoms with Gasteiger partial charge in [-0.15, -0.1) is 0 Å². The highest BCUT2D eigenvalue weighted by Crippen LogP contribution is 2.29. The maximum atomic E-state index is 12.3. The van der Waals surface area contributed by atoms with Gasteiger partial charge in [0.05, 0.1) is 13.5 Å². The molecule has 7 heteroatoms. The van der Waals surface area contributed by atoms with Crippen LogP contribution in [0.3, 0.4) is 0 Å². The highest BCUT2D eigenvalue weighted by Gasteiger charge is 2.13. The molecule has 1 heterocycles. The molecule has 0 saturated heterocycles. The Bertz CT molecular complexity index is 907. The van der Waals surface area contributed by atoms with Crippen molar-refractivity contribution >= 4 is 16.9 Å². The van der Waals surface area contributed by atoms with Gasteiger partial charge in [-0.1, -0.05) is 24.3 Å². The molecule has 2 aromatic carbocycles. The van der Waals surface area contributed by atoms with Crippen LogP contribution in [0.25, 0.3) is 10.9 Å². The molecule has 136 valence electrons. The molecule has 26 heavy (non-hydrogen) atoms. The summed E-state index contributed by atoms with van der Waals surface area (Å²) in [6, 6.07) is 12.1. The fraction of sp³-hybridized carbons (Fsp3) is 0.211. The van der Waals surface area contributed by atoms with Crippen LogP contribution < -0.4 is 9.47 Å². The number of halogens is 2. The molecule has 0 atom stereocenters. The number of para-hydroxylation sites is 1. The molecule has 1 aromatic heterocycles. The van der Waals surface area contributed by atoms with E-state index in [2.05, 4.69) is 9.72 Å². The van der Waals surface area contributed by atoms with Crippen LogP contribution in [0.2, 0.25) is 0 Å². The minimum Gasteiger partial charge on any atom is -0.493 e. The second kappa shape index (κ2) is 7.86. The van der Waals surface area contributed by atoms with Crippen molar-refractivity contribution < 1.29 is 27.8 Å². The third kappa shape index (κ3) is 4.11. The molecule has 0 fully saturated rings. The van der Waals surface area contributed by atoms with Crippen LogP contribution in [-0.2, 0) is 22.6 Å². The minimum absolute atomic E-state index is 0.00646. The molecule has 0 spiro atoms. The number of ether oxygens (including phenoxy) is 3. The summed E-state index contributed by atoms with van der Waals surface area (Å²) in [6.07, 6.45) is 1.92. The van der Waals surface area contributed by atoms with Gasteiger partial charge in [0.15, 0.2) is 11.5 Å². The monoisotopic (exact) mass is 361 g/mol. The number of carbonyl (C=O) groups excluding carboxylic acids is 1. The number of esters is 1. The number of hydrogen-bond acceptors (Lipinski definition) is 4. The van der Waals surface area contributed by atoms with Gasteiger partial charge >= 0.3 is 12.6 Å². The van der Waals surface area contributed by atoms with E-state index in [0.717, 1.165) is 16.5 Å². The molecular weight excluding hydrogens is 344 g/mol. The van der Waals surface area contributed by atoms with Gasteiger partial charge in [-0.05, 0) is 29.3 Å². The Morgan fingerprint density at radius 3 is 2.73 bits per heavy atom. The van der Waals surface area contributed by atoms with Crippen LogP contribution in [0.5, 0.6) is 11.5 Å². The Morgan fingerprint density at radius 2 is 1.96 bits per heavy atom. The number of carbonyl (C=O) groups is 1. The van der Waals surface area contributed by atoms with Gasteiger partial charge in [0.1, 0.15) is 6.61 Å². The predicted octanol–water partition coefficient (Wildman–Crippen LogP) is 4.06. The van der Waals surface area contributed by atoms with Crippen molar-refractivity contribution in [2.45, 2.75) is 19.6 Å². The zero-order valence-corrected chi connectivity index (χ0v) is 14.0. The van der Waals surface area contributed by atoms with E-state index in [9.17, 15) is 13.6 Å². The Labute approximate surface area is 148 Å². The lowest BCUT2D eigenvalue weighted by Crippen LogP contribution is -2.08. The van der Waals surface area contributed by atoms with Gasteiger partial charge in [0, 0.05) is 17.1 Å². The van der Waals surface area contributed by atoms with E-state index in [1.165, 1.54) is 19.2 Å². The molecule has 0 unspecified atom stereocenters. The molecule has 0 bridgehead atoms. The van der Waals surface area contributed by atoms with Gasteiger partial charge in [0.2, 0.25) is 0 Å². The van der Waals surface area contributed by atoms with Crippen LogP contribution in [0.1, 0.15) is 11.1 Å². The van der Waals surface area contributed by atoms with E-state index in [4.69, 9.17) is 9.47 Å². The first-order valence-electron chi connectivity index (χ1n) is 7.89. The molecular formula is C19H17F2NO4. The summed E-state index contributed by atoms with van der Waals surface area (Å²) < 4.78 is 39.3. The van der Waals surface area contributed by atoms with Crippen LogP contribution >= 0.6 is 0 Å². The average molecular weight is 361 g/mol. The van der Waals surface area contributed by atoms with E-state index in [1.807, 2.05) is 24.3 Å². The Hall–Kier alpha value is -3.09. The average Bonchev–Trinajstić information content (AvgIpc) is 3.03. The Morgan fingerprint density at radius 1 is 1.15 bits per heavy atom. The number of fused-ring (bicyclic) bond motifs is 1. The molecule has 0 amide bonds. The molecule has 5 nitrogen and oxygen atoms in total. The van der Waals surface area contributed by atoms with Crippen LogP contribution in [0.4, 0.5) is 8.78 Å². The standard InChI is InChI=1S/C19H17F2NO4/c1-24-17-8-12(6-7-16(17)26-19(20)21)11-25-18(23)9-13-10-22-15-5-3-2-4-14(13)15/h2-8,10,19,22H,9,11H2,1H3. The largest absolute Gasteiger partial charge is 0.493 e. The topological polar surface area (TPSA) is 60.5 Å². The maximum absolute atomic E-state index is 12.3. The Balaban J connectivity index is 1.62. The Kier molecular flexibility index (Phi) is 5.36. The summed E-state index contributed by atoms with van der Waals surface area (Å²) in [6.45, 7) is -2.93. The second-order valence-electron chi connectivity index (χ2n) is 5.56. The number of rotatable bonds is 7. The molecule has 3 aromatic rings. The zero-order chi connectivity index (χ0) is 18.5. The summed E-state index contributed by atoms with van der Waals surface area (Å²) >= 11 is 0. The van der Waals surface area contributed by atoms with Crippen molar-refractivity contribution in [3.8, 4) is 11.5 Å². The van der Waals surface area contributed by atoms with Crippen molar-refractivity contribution in [2.24, 2.45) is 0 Å². The van der Waals surface area contributed by atoms with E-state index in [0.29, 0.717) is 5.56 Å². The van der Waals surface area contributed by atoms with Crippen molar-refractivity contribution in [1.29, 1.82) is 0 Å². The first-order valence-corrected chi connectivity index (χ1v) is 7.89. The third-order valence-corrected chi connectivity index (χ3v) is 3.85. The molecule has 0 saturated carbocycles. The van der Waals surface area contributed by atoms with Gasteiger partial charge in [-0.25, -0.2) is 0 Å². The zero-order valence-electron chi connectivity index (χ0n) is 14.0. The normalized spacial score (nSPS) is 10.9. The quantitative estimate of drug-likeness (QED) is 0.645. The van der Waals surface area contributed by atoms with Crippen LogP contribution in [0.15, 0.2) is 48.7 Å². The SMILES string of the molecule is COc1cc(COC(=O)Cc2c[nH]c3ccccc23)ccc1OC(F)F. The highest BCUT2D eigenvalue weighted by molar-refractivity contribution is 5.87. The fourth-order valence-corrected chi connectivity index (χ4v) is 2.64. The number of H-pyrrole nitrogens is 1. The van der Waals surface area contributed by atoms with E-state index < -0.39 is 6.61 Å². The highest BCUT2D eigenvalue weighted by atomic mass is 19.3. The molecule has 0 radical (unpaired) electrons. The summed E-state index contributed by atoms with van der Waals surface area (Å²) in [5, 5.41) is 0.972. The van der Waals surface area contributed by atoms with E-state index in [1.54, 1.807) is 12.3 Å². The van der Waals surface area contributed by atoms with Crippen molar-refractivity contribution in [1.82, 2.24) is 4.98 Å². The first-order chi connectivity index (χ1) is 12.6. The van der Waals surface area contributed by atoms with Crippen molar-refractivity contribution in [2.75, 3.05) is 7.11 Å². The number of hydrogen-bond donors (Lipinski definition) is 1. The van der Waals surface area contributed by atoms with Gasteiger partial charge in [-0.2, -0.15) is 8.78 Å². The second-order valence-corrected chi connectivity index (χ2v) is 5.56. The summed E-state index contributed by atoms with van der Waals surface area (Å²) in [7, 11) is 1.35. The number of benzene rings is 2. The minimum atomic E-state index is -2.94. The fourth-order valence-electron chi connectivity index (χ4n) is 2.64. The predicted molar refractivity (Wildman–Crippen MR) is 91.4 cm³/mol. The number of aromatic nitrogens is 1. The summed E-state index contributed by atoms with van der Waals surface area (Å²) in [5.74, 6) is -0.312. The van der Waals surface area contributed by atoms with Crippen LogP contribution in [0, 0.1) is 0 Å². The third-order valence-electron chi connectivity index (χ3n) is 3.85.